The zero-order chi connectivity index (χ0) is 18.2. The van der Waals surface area contributed by atoms with E-state index in [1.54, 1.807) is 25.1 Å². The van der Waals surface area contributed by atoms with Gasteiger partial charge in [-0.2, -0.15) is 0 Å². The van der Waals surface area contributed by atoms with Crippen molar-refractivity contribution in [1.82, 2.24) is 15.1 Å². The van der Waals surface area contributed by atoms with Crippen molar-refractivity contribution in [1.29, 1.82) is 0 Å². The van der Waals surface area contributed by atoms with Crippen LogP contribution in [0.1, 0.15) is 25.8 Å². The Kier molecular flexibility index (Phi) is 7.13. The average molecular weight is 347 g/mol. The number of carbonyl (C=O) groups excluding carboxylic acids is 2. The number of nitrogens with one attached hydrogen (secondary N) is 1. The number of rotatable bonds is 6. The lowest BCUT2D eigenvalue weighted by molar-refractivity contribution is -0.132. The van der Waals surface area contributed by atoms with E-state index in [9.17, 15) is 14.0 Å². The summed E-state index contributed by atoms with van der Waals surface area (Å²) < 4.78 is 13.6. The third-order valence-electron chi connectivity index (χ3n) is 4.43. The molecule has 0 bridgehead atoms. The van der Waals surface area contributed by atoms with E-state index in [0.717, 1.165) is 32.7 Å². The highest BCUT2D eigenvalue weighted by molar-refractivity contribution is 5.97. The Morgan fingerprint density at radius 1 is 1.20 bits per heavy atom. The largest absolute Gasteiger partial charge is 0.352 e. The molecule has 0 atom stereocenters. The first-order chi connectivity index (χ1) is 12.0. The van der Waals surface area contributed by atoms with Crippen molar-refractivity contribution in [3.63, 3.8) is 0 Å². The van der Waals surface area contributed by atoms with E-state index in [1.165, 1.54) is 12.1 Å². The van der Waals surface area contributed by atoms with Crippen LogP contribution >= 0.6 is 0 Å². The number of carbonyl (C=O) groups is 2. The van der Waals surface area contributed by atoms with Crippen molar-refractivity contribution < 1.29 is 14.0 Å². The van der Waals surface area contributed by atoms with Crippen LogP contribution in [0.3, 0.4) is 0 Å². The molecule has 1 fully saturated rings. The van der Waals surface area contributed by atoms with Gasteiger partial charge in [-0.25, -0.2) is 4.39 Å². The zero-order valence-corrected chi connectivity index (χ0v) is 14.9. The molecule has 5 nitrogen and oxygen atoms in total. The van der Waals surface area contributed by atoms with E-state index in [1.807, 2.05) is 4.90 Å². The molecule has 1 heterocycles. The van der Waals surface area contributed by atoms with E-state index in [4.69, 9.17) is 0 Å². The third-order valence-corrected chi connectivity index (χ3v) is 4.43. The van der Waals surface area contributed by atoms with Crippen molar-refractivity contribution in [3.05, 3.63) is 41.2 Å². The highest BCUT2D eigenvalue weighted by Crippen LogP contribution is 2.11. The van der Waals surface area contributed by atoms with Crippen molar-refractivity contribution >= 4 is 17.9 Å². The Morgan fingerprint density at radius 2 is 1.88 bits per heavy atom. The summed E-state index contributed by atoms with van der Waals surface area (Å²) in [6, 6.07) is 6.30. The van der Waals surface area contributed by atoms with Gasteiger partial charge in [0.05, 0.1) is 0 Å². The molecule has 1 N–H and O–H groups in total. The Bertz CT molecular complexity index is 637. The highest BCUT2D eigenvalue weighted by Gasteiger charge is 2.19. The normalized spacial score (nSPS) is 16.0. The van der Waals surface area contributed by atoms with Gasteiger partial charge < -0.3 is 15.1 Å². The fraction of sp³-hybridized carbons (Fsp3) is 0.474. The number of benzene rings is 1. The first-order valence-corrected chi connectivity index (χ1v) is 8.72. The SMILES string of the molecule is CCN1CCN(C(=O)CCNC(=O)/C(C)=C/c2ccccc2F)CC1. The molecular formula is C19H26FN3O2. The minimum Gasteiger partial charge on any atom is -0.352 e. The van der Waals surface area contributed by atoms with Crippen LogP contribution in [0, 0.1) is 5.82 Å². The van der Waals surface area contributed by atoms with Gasteiger partial charge in [-0.05, 0) is 25.6 Å². The predicted molar refractivity (Wildman–Crippen MR) is 96.4 cm³/mol. The molecule has 1 aliphatic rings. The predicted octanol–water partition coefficient (Wildman–Crippen LogP) is 1.90. The number of halogens is 1. The Morgan fingerprint density at radius 3 is 2.52 bits per heavy atom. The molecule has 0 saturated carbocycles. The molecule has 25 heavy (non-hydrogen) atoms. The number of piperazine rings is 1. The maximum Gasteiger partial charge on any atom is 0.246 e. The van der Waals surface area contributed by atoms with Crippen LogP contribution < -0.4 is 5.32 Å². The summed E-state index contributed by atoms with van der Waals surface area (Å²) in [5.41, 5.74) is 0.786. The first kappa shape index (κ1) is 19.1. The maximum atomic E-state index is 13.6. The van der Waals surface area contributed by atoms with E-state index in [2.05, 4.69) is 17.1 Å². The minimum absolute atomic E-state index is 0.0618. The lowest BCUT2D eigenvalue weighted by atomic mass is 10.1. The monoisotopic (exact) mass is 347 g/mol. The van der Waals surface area contributed by atoms with Gasteiger partial charge in [0.1, 0.15) is 5.82 Å². The molecule has 6 heteroatoms. The number of amides is 2. The molecule has 1 aliphatic heterocycles. The molecule has 0 aromatic heterocycles. The van der Waals surface area contributed by atoms with Crippen molar-refractivity contribution in [3.8, 4) is 0 Å². The number of hydrogen-bond acceptors (Lipinski definition) is 3. The van der Waals surface area contributed by atoms with Crippen LogP contribution in [-0.4, -0.2) is 60.9 Å². The molecule has 0 radical (unpaired) electrons. The maximum absolute atomic E-state index is 13.6. The molecule has 1 saturated heterocycles. The summed E-state index contributed by atoms with van der Waals surface area (Å²) in [7, 11) is 0. The standard InChI is InChI=1S/C19H26FN3O2/c1-3-22-10-12-23(13-11-22)18(24)8-9-21-19(25)15(2)14-16-6-4-5-7-17(16)20/h4-7,14H,3,8-13H2,1-2H3,(H,21,25)/b15-14+. The van der Waals surface area contributed by atoms with Crippen LogP contribution in [0.2, 0.25) is 0 Å². The molecule has 0 unspecified atom stereocenters. The van der Waals surface area contributed by atoms with Gasteiger partial charge in [-0.3, -0.25) is 9.59 Å². The van der Waals surface area contributed by atoms with Gasteiger partial charge in [-0.15, -0.1) is 0 Å². The summed E-state index contributed by atoms with van der Waals surface area (Å²) in [6.45, 7) is 8.33. The van der Waals surface area contributed by atoms with Gasteiger partial charge in [0.2, 0.25) is 11.8 Å². The van der Waals surface area contributed by atoms with Crippen molar-refractivity contribution in [2.75, 3.05) is 39.3 Å². The lowest BCUT2D eigenvalue weighted by Crippen LogP contribution is -2.49. The van der Waals surface area contributed by atoms with E-state index in [-0.39, 0.29) is 30.6 Å². The Hall–Kier alpha value is -2.21. The average Bonchev–Trinajstić information content (AvgIpc) is 2.63. The fourth-order valence-corrected chi connectivity index (χ4v) is 2.78. The molecule has 1 aromatic rings. The van der Waals surface area contributed by atoms with Gasteiger partial charge in [0, 0.05) is 50.3 Å². The van der Waals surface area contributed by atoms with E-state index in [0.29, 0.717) is 11.1 Å². The smallest absolute Gasteiger partial charge is 0.246 e. The number of hydrogen-bond donors (Lipinski definition) is 1. The van der Waals surface area contributed by atoms with Gasteiger partial charge in [-0.1, -0.05) is 25.1 Å². The first-order valence-electron chi connectivity index (χ1n) is 8.72. The molecule has 0 aliphatic carbocycles. The van der Waals surface area contributed by atoms with Crippen LogP contribution in [0.15, 0.2) is 29.8 Å². The number of nitrogens with zero attached hydrogens (tertiary/aromatic N) is 2. The van der Waals surface area contributed by atoms with Gasteiger partial charge in [0.25, 0.3) is 0 Å². The van der Waals surface area contributed by atoms with Gasteiger partial charge >= 0.3 is 0 Å². The molecule has 136 valence electrons. The molecule has 2 rings (SSSR count). The quantitative estimate of drug-likeness (QED) is 0.800. The Balaban J connectivity index is 1.76. The second kappa shape index (κ2) is 9.32. The molecular weight excluding hydrogens is 321 g/mol. The lowest BCUT2D eigenvalue weighted by Gasteiger charge is -2.34. The van der Waals surface area contributed by atoms with Crippen LogP contribution in [-0.2, 0) is 9.59 Å². The van der Waals surface area contributed by atoms with Gasteiger partial charge in [0.15, 0.2) is 0 Å². The summed E-state index contributed by atoms with van der Waals surface area (Å²) in [5.74, 6) is -0.588. The fourth-order valence-electron chi connectivity index (χ4n) is 2.78. The summed E-state index contributed by atoms with van der Waals surface area (Å²) >= 11 is 0. The second-order valence-corrected chi connectivity index (χ2v) is 6.17. The minimum atomic E-state index is -0.365. The topological polar surface area (TPSA) is 52.6 Å². The van der Waals surface area contributed by atoms with Crippen LogP contribution in [0.4, 0.5) is 4.39 Å². The van der Waals surface area contributed by atoms with Crippen LogP contribution in [0.25, 0.3) is 6.08 Å². The van der Waals surface area contributed by atoms with Crippen LogP contribution in [0.5, 0.6) is 0 Å². The van der Waals surface area contributed by atoms with Crippen molar-refractivity contribution in [2.45, 2.75) is 20.3 Å². The molecule has 0 spiro atoms. The Labute approximate surface area is 148 Å². The van der Waals surface area contributed by atoms with Crippen molar-refractivity contribution in [2.24, 2.45) is 0 Å². The molecule has 2 amide bonds. The van der Waals surface area contributed by atoms with E-state index >= 15 is 0 Å². The van der Waals surface area contributed by atoms with E-state index < -0.39 is 0 Å². The third kappa shape index (κ3) is 5.67. The zero-order valence-electron chi connectivity index (χ0n) is 14.9. The highest BCUT2D eigenvalue weighted by atomic mass is 19.1. The number of likely N-dealkylation sites (N-methyl/N-ethyl adjacent to an activating group) is 1. The second-order valence-electron chi connectivity index (χ2n) is 6.17. The molecule has 1 aromatic carbocycles. The summed E-state index contributed by atoms with van der Waals surface area (Å²) in [5, 5.41) is 2.72. The summed E-state index contributed by atoms with van der Waals surface area (Å²) in [6.07, 6.45) is 1.79. The summed E-state index contributed by atoms with van der Waals surface area (Å²) in [4.78, 5) is 28.4.